The molecule has 3 aliphatic rings. The first kappa shape index (κ1) is 19.1. The number of likely N-dealkylation sites (tertiary alicyclic amines) is 1. The summed E-state index contributed by atoms with van der Waals surface area (Å²) in [6.07, 6.45) is 4.43. The highest BCUT2D eigenvalue weighted by Crippen LogP contribution is 2.37. The van der Waals surface area contributed by atoms with E-state index in [4.69, 9.17) is 9.39 Å². The van der Waals surface area contributed by atoms with Gasteiger partial charge in [-0.3, -0.25) is 4.79 Å². The Labute approximate surface area is 163 Å². The van der Waals surface area contributed by atoms with Crippen LogP contribution in [0.25, 0.3) is 0 Å². The molecule has 1 aromatic rings. The van der Waals surface area contributed by atoms with Crippen molar-refractivity contribution >= 4 is 19.0 Å². The van der Waals surface area contributed by atoms with Gasteiger partial charge in [0.1, 0.15) is 23.2 Å². The Morgan fingerprint density at radius 3 is 2.89 bits per heavy atom. The number of ether oxygens (including phenoxy) is 1. The topological polar surface area (TPSA) is 108 Å². The number of rotatable bonds is 6. The third-order valence-corrected chi connectivity index (χ3v) is 5.69. The molecule has 9 heteroatoms. The molecule has 0 radical (unpaired) electrons. The predicted octanol–water partition coefficient (Wildman–Crippen LogP) is 0.922. The van der Waals surface area contributed by atoms with Gasteiger partial charge in [0.05, 0.1) is 13.1 Å². The van der Waals surface area contributed by atoms with Gasteiger partial charge in [0.15, 0.2) is 0 Å². The van der Waals surface area contributed by atoms with Gasteiger partial charge in [0.2, 0.25) is 5.91 Å². The number of carbonyl (C=O) groups excluding carboxylic acids is 1. The van der Waals surface area contributed by atoms with E-state index in [9.17, 15) is 19.7 Å². The molecule has 2 saturated heterocycles. The van der Waals surface area contributed by atoms with Gasteiger partial charge in [-0.2, -0.15) is 0 Å². The van der Waals surface area contributed by atoms with Crippen LogP contribution in [0, 0.1) is 0 Å². The molecule has 8 nitrogen and oxygen atoms in total. The van der Waals surface area contributed by atoms with E-state index in [0.717, 1.165) is 24.9 Å². The van der Waals surface area contributed by atoms with Crippen LogP contribution in [0.3, 0.4) is 0 Å². The van der Waals surface area contributed by atoms with Crippen molar-refractivity contribution in [2.45, 2.75) is 50.6 Å². The lowest BCUT2D eigenvalue weighted by atomic mass is 9.78. The predicted molar refractivity (Wildman–Crippen MR) is 102 cm³/mol. The van der Waals surface area contributed by atoms with E-state index in [2.05, 4.69) is 5.32 Å². The Balaban J connectivity index is 1.35. The van der Waals surface area contributed by atoms with E-state index in [0.29, 0.717) is 38.3 Å². The highest BCUT2D eigenvalue weighted by Gasteiger charge is 2.35. The number of nitrogens with zero attached hydrogens (tertiary/aromatic N) is 1. The van der Waals surface area contributed by atoms with E-state index in [1.165, 1.54) is 6.42 Å². The fourth-order valence-electron chi connectivity index (χ4n) is 4.07. The second-order valence-corrected chi connectivity index (χ2v) is 7.71. The molecule has 3 aliphatic heterocycles. The number of hydrogen-bond donors (Lipinski definition) is 3. The summed E-state index contributed by atoms with van der Waals surface area (Å²) >= 11 is 0. The largest absolute Gasteiger partial charge is 0.535 e. The molecule has 3 N–H and O–H groups in total. The molecule has 0 aromatic heterocycles. The van der Waals surface area contributed by atoms with Crippen molar-refractivity contribution in [2.75, 3.05) is 19.6 Å². The van der Waals surface area contributed by atoms with Crippen LogP contribution in [0.4, 0.5) is 0 Å². The van der Waals surface area contributed by atoms with Crippen LogP contribution >= 0.6 is 0 Å². The summed E-state index contributed by atoms with van der Waals surface area (Å²) in [6, 6.07) is 3.86. The molecule has 28 heavy (non-hydrogen) atoms. The summed E-state index contributed by atoms with van der Waals surface area (Å²) in [5.41, 5.74) is 0.689. The standard InChI is InChI=1S/C19H25BN2O6/c23-16(6-4-13-2-1-9-21-13)22-10-14(11-22)27-15-5-3-12-7-8-20(26)28-18(12)17(15)19(24)25/h3,5,13-14,21,26H,1-2,4,6-11H2,(H,24,25). The Morgan fingerprint density at radius 2 is 2.18 bits per heavy atom. The number of carboxylic acids is 1. The molecular weight excluding hydrogens is 363 g/mol. The third kappa shape index (κ3) is 3.95. The zero-order valence-corrected chi connectivity index (χ0v) is 15.7. The van der Waals surface area contributed by atoms with Crippen molar-refractivity contribution in [3.63, 3.8) is 0 Å². The minimum Gasteiger partial charge on any atom is -0.535 e. The third-order valence-electron chi connectivity index (χ3n) is 5.69. The van der Waals surface area contributed by atoms with Crippen molar-refractivity contribution < 1.29 is 29.1 Å². The van der Waals surface area contributed by atoms with Gasteiger partial charge in [-0.05, 0) is 50.2 Å². The Bertz CT molecular complexity index is 761. The van der Waals surface area contributed by atoms with E-state index in [1.54, 1.807) is 17.0 Å². The molecular formula is C19H25BN2O6. The minimum absolute atomic E-state index is 0.0617. The summed E-state index contributed by atoms with van der Waals surface area (Å²) in [4.78, 5) is 25.8. The summed E-state index contributed by atoms with van der Waals surface area (Å²) in [5, 5.41) is 22.7. The number of carboxylic acid groups (broad SMARTS) is 1. The second-order valence-electron chi connectivity index (χ2n) is 7.71. The lowest BCUT2D eigenvalue weighted by Crippen LogP contribution is -2.56. The Kier molecular flexibility index (Phi) is 5.46. The zero-order valence-electron chi connectivity index (χ0n) is 15.7. The number of fused-ring (bicyclic) bond motifs is 1. The van der Waals surface area contributed by atoms with Crippen molar-refractivity contribution in [1.29, 1.82) is 0 Å². The summed E-state index contributed by atoms with van der Waals surface area (Å²) in [7, 11) is -1.01. The van der Waals surface area contributed by atoms with Gasteiger partial charge in [0.25, 0.3) is 0 Å². The molecule has 150 valence electrons. The highest BCUT2D eigenvalue weighted by molar-refractivity contribution is 6.44. The number of nitrogens with one attached hydrogen (secondary N) is 1. The van der Waals surface area contributed by atoms with Crippen molar-refractivity contribution in [1.82, 2.24) is 10.2 Å². The number of aryl methyl sites for hydroxylation is 1. The Hall–Kier alpha value is -2.26. The van der Waals surface area contributed by atoms with Gasteiger partial charge in [-0.15, -0.1) is 0 Å². The number of amides is 1. The molecule has 0 spiro atoms. The quantitative estimate of drug-likeness (QED) is 0.622. The number of aromatic carboxylic acids is 1. The first-order chi connectivity index (χ1) is 13.5. The van der Waals surface area contributed by atoms with Crippen LogP contribution in [0.5, 0.6) is 11.5 Å². The van der Waals surface area contributed by atoms with E-state index >= 15 is 0 Å². The maximum Gasteiger partial charge on any atom is 0.522 e. The van der Waals surface area contributed by atoms with Crippen LogP contribution < -0.4 is 14.7 Å². The summed E-state index contributed by atoms with van der Waals surface area (Å²) in [6.45, 7) is 1.94. The molecule has 3 heterocycles. The number of hydrogen-bond acceptors (Lipinski definition) is 6. The lowest BCUT2D eigenvalue weighted by molar-refractivity contribution is -0.140. The molecule has 1 amide bonds. The average Bonchev–Trinajstić information content (AvgIpc) is 3.15. The lowest BCUT2D eigenvalue weighted by Gasteiger charge is -2.39. The van der Waals surface area contributed by atoms with Crippen molar-refractivity contribution in [3.8, 4) is 11.5 Å². The first-order valence-corrected chi connectivity index (χ1v) is 9.93. The smallest absolute Gasteiger partial charge is 0.522 e. The van der Waals surface area contributed by atoms with Crippen LogP contribution in [0.2, 0.25) is 6.32 Å². The highest BCUT2D eigenvalue weighted by atomic mass is 16.5. The average molecular weight is 388 g/mol. The maximum absolute atomic E-state index is 12.3. The zero-order chi connectivity index (χ0) is 19.7. The maximum atomic E-state index is 12.3. The van der Waals surface area contributed by atoms with E-state index in [1.807, 2.05) is 0 Å². The van der Waals surface area contributed by atoms with Crippen LogP contribution in [-0.2, 0) is 11.2 Å². The van der Waals surface area contributed by atoms with Gasteiger partial charge in [0, 0.05) is 12.5 Å². The molecule has 1 atom stereocenters. The molecule has 2 fully saturated rings. The number of benzene rings is 1. The summed E-state index contributed by atoms with van der Waals surface area (Å²) < 4.78 is 11.2. The van der Waals surface area contributed by atoms with Crippen LogP contribution in [-0.4, -0.2) is 65.8 Å². The SMILES string of the molecule is O=C(O)c1c(OC2CN(C(=O)CCC3CCCN3)C2)ccc2c1OB(O)CC2. The van der Waals surface area contributed by atoms with Crippen molar-refractivity contribution in [3.05, 3.63) is 23.3 Å². The molecule has 0 aliphatic carbocycles. The van der Waals surface area contributed by atoms with Crippen LogP contribution in [0.1, 0.15) is 41.6 Å². The normalized spacial score (nSPS) is 21.7. The number of carbonyl (C=O) groups is 2. The van der Waals surface area contributed by atoms with Crippen LogP contribution in [0.15, 0.2) is 12.1 Å². The molecule has 0 bridgehead atoms. The molecule has 4 rings (SSSR count). The fraction of sp³-hybridized carbons (Fsp3) is 0.579. The van der Waals surface area contributed by atoms with E-state index < -0.39 is 13.1 Å². The Morgan fingerprint density at radius 1 is 1.36 bits per heavy atom. The van der Waals surface area contributed by atoms with Gasteiger partial charge < -0.3 is 29.7 Å². The fourth-order valence-corrected chi connectivity index (χ4v) is 4.07. The summed E-state index contributed by atoms with van der Waals surface area (Å²) in [5.74, 6) is -0.645. The second kappa shape index (κ2) is 8.01. The molecule has 0 saturated carbocycles. The van der Waals surface area contributed by atoms with Gasteiger partial charge >= 0.3 is 13.1 Å². The van der Waals surface area contributed by atoms with Gasteiger partial charge in [-0.25, -0.2) is 4.79 Å². The van der Waals surface area contributed by atoms with Crippen molar-refractivity contribution in [2.24, 2.45) is 0 Å². The molecule has 1 unspecified atom stereocenters. The monoisotopic (exact) mass is 388 g/mol. The van der Waals surface area contributed by atoms with Gasteiger partial charge in [-0.1, -0.05) is 6.07 Å². The minimum atomic E-state index is -1.16. The first-order valence-electron chi connectivity index (χ1n) is 9.93. The molecule has 1 aromatic carbocycles. The van der Waals surface area contributed by atoms with E-state index in [-0.39, 0.29) is 29.1 Å².